The SMILES string of the molecule is CCC(C)[C@H](NC(=O)[C@@]1(NC(=O)[C@H](C(C)CC)N(Cc2ccccc2F)C(=O)O)CCc2[nH]c3c(Cl)cc(F)cc3c2C1)C(N)=S. The molecule has 3 amide bonds. The van der Waals surface area contributed by atoms with E-state index in [0.717, 1.165) is 10.6 Å². The maximum absolute atomic E-state index is 14.6. The van der Waals surface area contributed by atoms with Gasteiger partial charge in [-0.15, -0.1) is 0 Å². The summed E-state index contributed by atoms with van der Waals surface area (Å²) in [5.41, 5.74) is 6.41. The standard InChI is InChI=1S/C33H40ClF2N5O4S/c1-5-17(3)26(29(37)46)39-31(43)33(12-11-25-22(15-33)21-13-20(35)14-23(34)27(21)38-25)40-30(42)28(18(4)6-2)41(32(44)45)16-19-9-7-8-10-24(19)36/h7-10,13-14,17-18,26,28,38H,5-6,11-12,15-16H2,1-4H3,(H2,37,46)(H,39,43)(H,40,42)(H,44,45)/t17?,18?,26-,28-,33+/m0/s1. The molecule has 0 saturated carbocycles. The first-order valence-electron chi connectivity index (χ1n) is 15.4. The number of nitrogens with zero attached hydrogens (tertiary/aromatic N) is 1. The second-order valence-corrected chi connectivity index (χ2v) is 13.1. The van der Waals surface area contributed by atoms with Crippen LogP contribution in [0.4, 0.5) is 13.6 Å². The zero-order chi connectivity index (χ0) is 33.9. The molecule has 13 heteroatoms. The highest BCUT2D eigenvalue weighted by molar-refractivity contribution is 7.80. The van der Waals surface area contributed by atoms with Crippen molar-refractivity contribution in [2.45, 2.75) is 84.0 Å². The van der Waals surface area contributed by atoms with Crippen LogP contribution in [0, 0.1) is 23.5 Å². The lowest BCUT2D eigenvalue weighted by molar-refractivity contribution is -0.137. The molecule has 0 fully saturated rings. The van der Waals surface area contributed by atoms with Crippen LogP contribution < -0.4 is 16.4 Å². The van der Waals surface area contributed by atoms with Crippen molar-refractivity contribution >= 4 is 57.6 Å². The largest absolute Gasteiger partial charge is 0.465 e. The fraction of sp³-hybridized carbons (Fsp3) is 0.455. The number of nitrogens with two attached hydrogens (primary N) is 1. The number of aromatic amines is 1. The Kier molecular flexibility index (Phi) is 10.9. The van der Waals surface area contributed by atoms with Crippen LogP contribution in [0.3, 0.4) is 0 Å². The summed E-state index contributed by atoms with van der Waals surface area (Å²) >= 11 is 11.6. The van der Waals surface area contributed by atoms with Crippen LogP contribution in [0.1, 0.15) is 63.8 Å². The van der Waals surface area contributed by atoms with Crippen molar-refractivity contribution in [3.63, 3.8) is 0 Å². The highest BCUT2D eigenvalue weighted by atomic mass is 35.5. The van der Waals surface area contributed by atoms with Crippen LogP contribution >= 0.6 is 23.8 Å². The third-order valence-corrected chi connectivity index (χ3v) is 9.79. The van der Waals surface area contributed by atoms with Gasteiger partial charge in [-0.25, -0.2) is 13.6 Å². The van der Waals surface area contributed by atoms with Crippen molar-refractivity contribution in [3.05, 3.63) is 69.9 Å². The molecule has 1 heterocycles. The molecule has 46 heavy (non-hydrogen) atoms. The molecule has 1 aliphatic rings. The molecule has 0 bridgehead atoms. The molecule has 5 atom stereocenters. The van der Waals surface area contributed by atoms with Gasteiger partial charge in [0, 0.05) is 23.1 Å². The summed E-state index contributed by atoms with van der Waals surface area (Å²) in [7, 11) is 0. The predicted molar refractivity (Wildman–Crippen MR) is 178 cm³/mol. The van der Waals surface area contributed by atoms with E-state index in [4.69, 9.17) is 29.6 Å². The third kappa shape index (κ3) is 7.12. The van der Waals surface area contributed by atoms with Crippen molar-refractivity contribution in [3.8, 4) is 0 Å². The zero-order valence-corrected chi connectivity index (χ0v) is 27.8. The summed E-state index contributed by atoms with van der Waals surface area (Å²) in [6.45, 7) is 6.98. The number of rotatable bonds is 12. The number of fused-ring (bicyclic) bond motifs is 3. The van der Waals surface area contributed by atoms with Gasteiger partial charge in [-0.05, 0) is 48.4 Å². The Morgan fingerprint density at radius 3 is 2.43 bits per heavy atom. The first-order valence-corrected chi connectivity index (χ1v) is 16.1. The molecule has 0 aliphatic heterocycles. The molecule has 248 valence electrons. The molecule has 2 aromatic carbocycles. The van der Waals surface area contributed by atoms with E-state index in [-0.39, 0.29) is 40.9 Å². The summed E-state index contributed by atoms with van der Waals surface area (Å²) in [5, 5.41) is 16.8. The number of benzene rings is 2. The van der Waals surface area contributed by atoms with E-state index in [1.807, 2.05) is 20.8 Å². The molecule has 0 spiro atoms. The fourth-order valence-corrected chi connectivity index (χ4v) is 6.72. The Morgan fingerprint density at radius 2 is 1.83 bits per heavy atom. The normalized spacial score (nSPS) is 18.6. The molecule has 1 aliphatic carbocycles. The lowest BCUT2D eigenvalue weighted by Crippen LogP contribution is -2.67. The molecule has 9 nitrogen and oxygen atoms in total. The molecule has 6 N–H and O–H groups in total. The number of aromatic nitrogens is 1. The minimum atomic E-state index is -1.59. The number of carbonyl (C=O) groups excluding carboxylic acids is 2. The van der Waals surface area contributed by atoms with Crippen LogP contribution in [0.25, 0.3) is 10.9 Å². The number of H-pyrrole nitrogens is 1. The maximum Gasteiger partial charge on any atom is 0.408 e. The molecular weight excluding hydrogens is 636 g/mol. The van der Waals surface area contributed by atoms with E-state index < -0.39 is 53.1 Å². The van der Waals surface area contributed by atoms with Gasteiger partial charge in [0.1, 0.15) is 23.2 Å². The van der Waals surface area contributed by atoms with Crippen molar-refractivity contribution < 1.29 is 28.3 Å². The number of amides is 3. The Balaban J connectivity index is 1.80. The van der Waals surface area contributed by atoms with E-state index in [1.54, 1.807) is 13.0 Å². The number of thiocarbonyl (C=S) groups is 1. The third-order valence-electron chi connectivity index (χ3n) is 9.24. The Labute approximate surface area is 277 Å². The minimum Gasteiger partial charge on any atom is -0.465 e. The van der Waals surface area contributed by atoms with Gasteiger partial charge in [-0.2, -0.15) is 0 Å². The van der Waals surface area contributed by atoms with Crippen LogP contribution in [0.2, 0.25) is 5.02 Å². The van der Waals surface area contributed by atoms with E-state index in [0.29, 0.717) is 35.7 Å². The number of hydrogen-bond donors (Lipinski definition) is 5. The molecule has 4 rings (SSSR count). The number of hydrogen-bond acceptors (Lipinski definition) is 4. The van der Waals surface area contributed by atoms with Gasteiger partial charge in [0.25, 0.3) is 0 Å². The maximum atomic E-state index is 14.6. The van der Waals surface area contributed by atoms with Gasteiger partial charge in [-0.1, -0.05) is 82.6 Å². The van der Waals surface area contributed by atoms with Crippen LogP contribution in [-0.2, 0) is 29.0 Å². The predicted octanol–water partition coefficient (Wildman–Crippen LogP) is 5.86. The first-order chi connectivity index (χ1) is 21.7. The summed E-state index contributed by atoms with van der Waals surface area (Å²) < 4.78 is 29.2. The molecule has 0 saturated heterocycles. The number of carboxylic acid groups (broad SMARTS) is 1. The van der Waals surface area contributed by atoms with Crippen LogP contribution in [-0.4, -0.2) is 55.5 Å². The first kappa shape index (κ1) is 35.1. The second-order valence-electron chi connectivity index (χ2n) is 12.2. The van der Waals surface area contributed by atoms with E-state index in [2.05, 4.69) is 15.6 Å². The molecular formula is C33H40ClF2N5O4S. The van der Waals surface area contributed by atoms with Gasteiger partial charge >= 0.3 is 6.09 Å². The highest BCUT2D eigenvalue weighted by Gasteiger charge is 2.47. The lowest BCUT2D eigenvalue weighted by Gasteiger charge is -2.41. The van der Waals surface area contributed by atoms with Gasteiger partial charge in [0.05, 0.1) is 28.1 Å². The summed E-state index contributed by atoms with van der Waals surface area (Å²) in [6.07, 6.45) is 0.0370. The molecule has 0 radical (unpaired) electrons. The Bertz CT molecular complexity index is 1650. The van der Waals surface area contributed by atoms with Gasteiger partial charge < -0.3 is 26.5 Å². The second kappa shape index (κ2) is 14.3. The summed E-state index contributed by atoms with van der Waals surface area (Å²) in [5.74, 6) is -3.06. The summed E-state index contributed by atoms with van der Waals surface area (Å²) in [6, 6.07) is 6.32. The van der Waals surface area contributed by atoms with Crippen LogP contribution in [0.15, 0.2) is 36.4 Å². The topological polar surface area (TPSA) is 141 Å². The Morgan fingerprint density at radius 1 is 1.15 bits per heavy atom. The smallest absolute Gasteiger partial charge is 0.408 e. The molecule has 3 aromatic rings. The highest BCUT2D eigenvalue weighted by Crippen LogP contribution is 2.38. The fourth-order valence-electron chi connectivity index (χ4n) is 6.17. The monoisotopic (exact) mass is 675 g/mol. The van der Waals surface area contributed by atoms with E-state index in [9.17, 15) is 28.3 Å². The minimum absolute atomic E-state index is 0.0438. The number of nitrogens with one attached hydrogen (secondary N) is 3. The quantitative estimate of drug-likeness (QED) is 0.153. The zero-order valence-electron chi connectivity index (χ0n) is 26.3. The van der Waals surface area contributed by atoms with Crippen molar-refractivity contribution in [2.24, 2.45) is 17.6 Å². The lowest BCUT2D eigenvalue weighted by atomic mass is 9.78. The average molecular weight is 676 g/mol. The van der Waals surface area contributed by atoms with Gasteiger partial charge in [-0.3, -0.25) is 14.5 Å². The van der Waals surface area contributed by atoms with E-state index in [1.165, 1.54) is 30.3 Å². The van der Waals surface area contributed by atoms with Crippen molar-refractivity contribution in [1.82, 2.24) is 20.5 Å². The van der Waals surface area contributed by atoms with Crippen LogP contribution in [0.5, 0.6) is 0 Å². The number of aryl methyl sites for hydroxylation is 1. The number of halogens is 3. The van der Waals surface area contributed by atoms with Crippen molar-refractivity contribution in [1.29, 1.82) is 0 Å². The Hall–Kier alpha value is -3.77. The molecule has 2 unspecified atom stereocenters. The van der Waals surface area contributed by atoms with Gasteiger partial charge in [0.2, 0.25) is 11.8 Å². The van der Waals surface area contributed by atoms with Crippen molar-refractivity contribution in [2.75, 3.05) is 0 Å². The average Bonchev–Trinajstić information content (AvgIpc) is 3.37. The summed E-state index contributed by atoms with van der Waals surface area (Å²) in [4.78, 5) is 45.6. The molecule has 1 aromatic heterocycles. The number of carbonyl (C=O) groups is 3. The van der Waals surface area contributed by atoms with E-state index >= 15 is 0 Å². The van der Waals surface area contributed by atoms with Gasteiger partial charge in [0.15, 0.2) is 0 Å².